The van der Waals surface area contributed by atoms with Gasteiger partial charge in [-0.15, -0.1) is 0 Å². The molecule has 1 saturated heterocycles. The summed E-state index contributed by atoms with van der Waals surface area (Å²) >= 11 is 0. The number of sulfonamides is 1. The van der Waals surface area contributed by atoms with Gasteiger partial charge in [-0.05, 0) is 37.1 Å². The maximum atomic E-state index is 12.2. The average Bonchev–Trinajstić information content (AvgIpc) is 2.90. The van der Waals surface area contributed by atoms with E-state index in [4.69, 9.17) is 5.73 Å². The van der Waals surface area contributed by atoms with E-state index in [1.807, 2.05) is 4.90 Å². The summed E-state index contributed by atoms with van der Waals surface area (Å²) in [4.78, 5) is 6.15. The number of nitrogen functional groups attached to an aromatic ring is 1. The van der Waals surface area contributed by atoms with Crippen molar-refractivity contribution in [3.8, 4) is 0 Å². The molecule has 0 radical (unpaired) electrons. The second-order valence-corrected chi connectivity index (χ2v) is 6.10. The number of anilines is 1. The molecule has 0 aliphatic carbocycles. The fraction of sp³-hybridized carbons (Fsp3) is 0.417. The van der Waals surface area contributed by atoms with Gasteiger partial charge in [0.15, 0.2) is 0 Å². The van der Waals surface area contributed by atoms with Crippen LogP contribution in [-0.4, -0.2) is 39.4 Å². The van der Waals surface area contributed by atoms with Crippen LogP contribution >= 0.6 is 0 Å². The Morgan fingerprint density at radius 1 is 1.26 bits per heavy atom. The summed E-state index contributed by atoms with van der Waals surface area (Å²) in [6.45, 7) is 1.66. The molecule has 0 spiro atoms. The van der Waals surface area contributed by atoms with Crippen molar-refractivity contribution in [3.63, 3.8) is 0 Å². The molecule has 7 heteroatoms. The van der Waals surface area contributed by atoms with Crippen molar-refractivity contribution in [2.75, 3.05) is 25.9 Å². The number of guanidine groups is 1. The Bertz CT molecular complexity index is 560. The molecule has 0 atom stereocenters. The van der Waals surface area contributed by atoms with E-state index in [9.17, 15) is 8.42 Å². The number of nitrogens with zero attached hydrogens (tertiary/aromatic N) is 2. The van der Waals surface area contributed by atoms with Crippen molar-refractivity contribution in [1.82, 2.24) is 9.62 Å². The van der Waals surface area contributed by atoms with Crippen molar-refractivity contribution < 1.29 is 8.42 Å². The lowest BCUT2D eigenvalue weighted by Gasteiger charge is -2.20. The van der Waals surface area contributed by atoms with Crippen LogP contribution in [0.25, 0.3) is 0 Å². The third-order valence-electron chi connectivity index (χ3n) is 3.03. The van der Waals surface area contributed by atoms with E-state index in [1.54, 1.807) is 19.2 Å². The monoisotopic (exact) mass is 282 g/mol. The largest absolute Gasteiger partial charge is 0.399 e. The van der Waals surface area contributed by atoms with Gasteiger partial charge >= 0.3 is 0 Å². The summed E-state index contributed by atoms with van der Waals surface area (Å²) in [5, 5.41) is 0. The second-order valence-electron chi connectivity index (χ2n) is 4.42. The summed E-state index contributed by atoms with van der Waals surface area (Å²) in [7, 11) is -2.02. The molecular formula is C12H18N4O2S. The summed E-state index contributed by atoms with van der Waals surface area (Å²) in [6.07, 6.45) is 2.12. The summed E-state index contributed by atoms with van der Waals surface area (Å²) < 4.78 is 26.9. The lowest BCUT2D eigenvalue weighted by molar-refractivity contribution is 0.503. The Hall–Kier alpha value is -1.76. The van der Waals surface area contributed by atoms with Crippen LogP contribution in [0.1, 0.15) is 12.8 Å². The number of rotatable bonds is 2. The lowest BCUT2D eigenvalue weighted by Crippen LogP contribution is -2.42. The summed E-state index contributed by atoms with van der Waals surface area (Å²) in [6, 6.07) is 6.09. The van der Waals surface area contributed by atoms with Crippen molar-refractivity contribution in [2.24, 2.45) is 4.99 Å². The number of nitrogens with two attached hydrogens (primary N) is 1. The Morgan fingerprint density at radius 2 is 1.84 bits per heavy atom. The van der Waals surface area contributed by atoms with E-state index < -0.39 is 10.0 Å². The van der Waals surface area contributed by atoms with Gasteiger partial charge < -0.3 is 10.6 Å². The molecule has 0 saturated carbocycles. The second kappa shape index (κ2) is 5.48. The molecule has 0 amide bonds. The fourth-order valence-electron chi connectivity index (χ4n) is 2.01. The SMILES string of the molecule is CN=C(NS(=O)(=O)c1ccc(N)cc1)N1CCCC1. The van der Waals surface area contributed by atoms with Gasteiger partial charge in [-0.25, -0.2) is 13.1 Å². The minimum atomic E-state index is -3.60. The summed E-state index contributed by atoms with van der Waals surface area (Å²) in [5.41, 5.74) is 6.08. The first-order chi connectivity index (χ1) is 9.03. The third kappa shape index (κ3) is 3.17. The highest BCUT2D eigenvalue weighted by Crippen LogP contribution is 2.13. The van der Waals surface area contributed by atoms with E-state index in [2.05, 4.69) is 9.71 Å². The predicted octanol–water partition coefficient (Wildman–Crippen LogP) is 0.629. The van der Waals surface area contributed by atoms with Crippen LogP contribution in [0.5, 0.6) is 0 Å². The molecular weight excluding hydrogens is 264 g/mol. The maximum Gasteiger partial charge on any atom is 0.264 e. The molecule has 2 rings (SSSR count). The predicted molar refractivity (Wildman–Crippen MR) is 75.3 cm³/mol. The molecule has 1 aromatic rings. The van der Waals surface area contributed by atoms with Crippen LogP contribution in [-0.2, 0) is 10.0 Å². The molecule has 0 unspecified atom stereocenters. The Morgan fingerprint density at radius 3 is 2.37 bits per heavy atom. The smallest absolute Gasteiger partial charge is 0.264 e. The van der Waals surface area contributed by atoms with Gasteiger partial charge in [0.2, 0.25) is 5.96 Å². The summed E-state index contributed by atoms with van der Waals surface area (Å²) in [5.74, 6) is 0.398. The van der Waals surface area contributed by atoms with Crippen LogP contribution in [0, 0.1) is 0 Å². The first-order valence-corrected chi connectivity index (χ1v) is 7.61. The Balaban J connectivity index is 2.18. The number of benzene rings is 1. The molecule has 0 aromatic heterocycles. The van der Waals surface area contributed by atoms with Crippen molar-refractivity contribution in [1.29, 1.82) is 0 Å². The molecule has 19 heavy (non-hydrogen) atoms. The standard InChI is InChI=1S/C12H18N4O2S/c1-14-12(16-8-2-3-9-16)15-19(17,18)11-6-4-10(13)5-7-11/h4-7H,2-3,8-9,13H2,1H3,(H,14,15). The molecule has 6 nitrogen and oxygen atoms in total. The number of hydrogen-bond donors (Lipinski definition) is 2. The lowest BCUT2D eigenvalue weighted by atomic mass is 10.3. The molecule has 1 aliphatic rings. The third-order valence-corrected chi connectivity index (χ3v) is 4.38. The fourth-order valence-corrected chi connectivity index (χ4v) is 3.08. The van der Waals surface area contributed by atoms with E-state index in [0.717, 1.165) is 25.9 Å². The van der Waals surface area contributed by atoms with Crippen molar-refractivity contribution >= 4 is 21.7 Å². The Labute approximate surface area is 113 Å². The van der Waals surface area contributed by atoms with Gasteiger partial charge in [0, 0.05) is 25.8 Å². The van der Waals surface area contributed by atoms with Gasteiger partial charge in [-0.3, -0.25) is 4.99 Å². The van der Waals surface area contributed by atoms with Crippen LogP contribution in [0.15, 0.2) is 34.2 Å². The van der Waals surface area contributed by atoms with Crippen LogP contribution in [0.4, 0.5) is 5.69 Å². The van der Waals surface area contributed by atoms with Crippen LogP contribution in [0.2, 0.25) is 0 Å². The van der Waals surface area contributed by atoms with Crippen LogP contribution in [0.3, 0.4) is 0 Å². The highest BCUT2D eigenvalue weighted by molar-refractivity contribution is 7.90. The number of nitrogens with one attached hydrogen (secondary N) is 1. The highest BCUT2D eigenvalue weighted by Gasteiger charge is 2.22. The molecule has 104 valence electrons. The molecule has 1 heterocycles. The first kappa shape index (κ1) is 13.7. The van der Waals surface area contributed by atoms with E-state index in [0.29, 0.717) is 11.6 Å². The highest BCUT2D eigenvalue weighted by atomic mass is 32.2. The van der Waals surface area contributed by atoms with Gasteiger partial charge in [-0.1, -0.05) is 0 Å². The zero-order valence-corrected chi connectivity index (χ0v) is 11.7. The van der Waals surface area contributed by atoms with Gasteiger partial charge in [-0.2, -0.15) is 0 Å². The molecule has 3 N–H and O–H groups in total. The van der Waals surface area contributed by atoms with E-state index in [-0.39, 0.29) is 4.90 Å². The van der Waals surface area contributed by atoms with Gasteiger partial charge in [0.05, 0.1) is 4.90 Å². The Kier molecular flexibility index (Phi) is 3.94. The van der Waals surface area contributed by atoms with Gasteiger partial charge in [0.25, 0.3) is 10.0 Å². The van der Waals surface area contributed by atoms with Gasteiger partial charge in [0.1, 0.15) is 0 Å². The number of aliphatic imine (C=N–C) groups is 1. The number of likely N-dealkylation sites (tertiary alicyclic amines) is 1. The topological polar surface area (TPSA) is 87.8 Å². The van der Waals surface area contributed by atoms with E-state index >= 15 is 0 Å². The van der Waals surface area contributed by atoms with Crippen LogP contribution < -0.4 is 10.5 Å². The molecule has 0 bridgehead atoms. The zero-order chi connectivity index (χ0) is 13.9. The van der Waals surface area contributed by atoms with Crippen molar-refractivity contribution in [3.05, 3.63) is 24.3 Å². The molecule has 1 aliphatic heterocycles. The average molecular weight is 282 g/mol. The number of hydrogen-bond acceptors (Lipinski definition) is 4. The minimum Gasteiger partial charge on any atom is -0.399 e. The quantitative estimate of drug-likeness (QED) is 0.473. The zero-order valence-electron chi connectivity index (χ0n) is 10.8. The van der Waals surface area contributed by atoms with Crippen molar-refractivity contribution in [2.45, 2.75) is 17.7 Å². The molecule has 1 fully saturated rings. The normalized spacial score (nSPS) is 16.7. The molecule has 1 aromatic carbocycles. The first-order valence-electron chi connectivity index (χ1n) is 6.13. The van der Waals surface area contributed by atoms with E-state index in [1.165, 1.54) is 12.1 Å². The maximum absolute atomic E-state index is 12.2. The minimum absolute atomic E-state index is 0.182.